The Kier molecular flexibility index (Phi) is 1.55. The van der Waals surface area contributed by atoms with E-state index in [4.69, 9.17) is 0 Å². The second kappa shape index (κ2) is 2.75. The van der Waals surface area contributed by atoms with Crippen LogP contribution in [-0.2, 0) is 0 Å². The molecule has 14 heavy (non-hydrogen) atoms. The first-order valence-electron chi connectivity index (χ1n) is 4.11. The lowest BCUT2D eigenvalue weighted by atomic mass is 10.3. The van der Waals surface area contributed by atoms with Gasteiger partial charge < -0.3 is 0 Å². The van der Waals surface area contributed by atoms with Gasteiger partial charge in [0, 0.05) is 0 Å². The normalized spacial score (nSPS) is 11.2. The van der Waals surface area contributed by atoms with Gasteiger partial charge in [0.05, 0.1) is 16.2 Å². The zero-order valence-corrected chi connectivity index (χ0v) is 8.64. The van der Waals surface area contributed by atoms with Crippen molar-refractivity contribution < 1.29 is 0 Å². The van der Waals surface area contributed by atoms with E-state index in [9.17, 15) is 0 Å². The lowest BCUT2D eigenvalue weighted by Crippen LogP contribution is -1.95. The predicted octanol–water partition coefficient (Wildman–Crippen LogP) is 2.04. The summed E-state index contributed by atoms with van der Waals surface area (Å²) in [5.41, 5.74) is 2.54. The minimum Gasteiger partial charge on any atom is -0.210 e. The van der Waals surface area contributed by atoms with Gasteiger partial charge >= 0.3 is 0 Å². The van der Waals surface area contributed by atoms with Crippen LogP contribution >= 0.6 is 15.9 Å². The van der Waals surface area contributed by atoms with Crippen LogP contribution in [0.5, 0.6) is 0 Å². The van der Waals surface area contributed by atoms with Crippen LogP contribution in [0.25, 0.3) is 16.7 Å². The molecule has 2 heterocycles. The van der Waals surface area contributed by atoms with Gasteiger partial charge in [0.2, 0.25) is 0 Å². The topological polar surface area (TPSA) is 43.1 Å². The molecule has 3 aromatic rings. The number of halogens is 1. The average Bonchev–Trinajstić information content (AvgIpc) is 2.61. The van der Waals surface area contributed by atoms with Gasteiger partial charge in [-0.15, -0.1) is 10.2 Å². The van der Waals surface area contributed by atoms with Crippen LogP contribution in [0.2, 0.25) is 0 Å². The first-order chi connectivity index (χ1) is 6.86. The van der Waals surface area contributed by atoms with E-state index in [0.717, 1.165) is 21.2 Å². The predicted molar refractivity (Wildman–Crippen MR) is 56.0 cm³/mol. The summed E-state index contributed by atoms with van der Waals surface area (Å²) in [6.45, 7) is 0. The van der Waals surface area contributed by atoms with Crippen LogP contribution < -0.4 is 0 Å². The summed E-state index contributed by atoms with van der Waals surface area (Å²) in [5.74, 6) is 0. The molecule has 68 valence electrons. The van der Waals surface area contributed by atoms with E-state index in [1.165, 1.54) is 0 Å². The first kappa shape index (κ1) is 7.87. The summed E-state index contributed by atoms with van der Waals surface area (Å²) in [6, 6.07) is 7.77. The SMILES string of the molecule is Brc1cnn2c1nnc1ccccc12. The molecule has 0 aliphatic heterocycles. The maximum atomic E-state index is 4.21. The molecule has 1 aromatic carbocycles. The van der Waals surface area contributed by atoms with Gasteiger partial charge in [0.25, 0.3) is 0 Å². The lowest BCUT2D eigenvalue weighted by molar-refractivity contribution is 0.942. The van der Waals surface area contributed by atoms with Crippen LogP contribution in [0.4, 0.5) is 0 Å². The number of aromatic nitrogens is 4. The average molecular weight is 249 g/mol. The summed E-state index contributed by atoms with van der Waals surface area (Å²) in [4.78, 5) is 0. The molecule has 0 amide bonds. The number of rotatable bonds is 0. The van der Waals surface area contributed by atoms with Crippen molar-refractivity contribution in [1.29, 1.82) is 0 Å². The highest BCUT2D eigenvalue weighted by Gasteiger charge is 2.05. The van der Waals surface area contributed by atoms with E-state index in [0.29, 0.717) is 0 Å². The summed E-state index contributed by atoms with van der Waals surface area (Å²) in [7, 11) is 0. The number of hydrogen-bond donors (Lipinski definition) is 0. The smallest absolute Gasteiger partial charge is 0.192 e. The standard InChI is InChI=1S/C9H5BrN4/c10-6-5-11-14-8-4-2-1-3-7(8)12-13-9(6)14/h1-5H. The Balaban J connectivity index is 2.61. The third-order valence-electron chi connectivity index (χ3n) is 2.06. The Morgan fingerprint density at radius 1 is 1.14 bits per heavy atom. The molecule has 0 aliphatic carbocycles. The molecule has 0 N–H and O–H groups in total. The van der Waals surface area contributed by atoms with Crippen molar-refractivity contribution in [3.8, 4) is 0 Å². The van der Waals surface area contributed by atoms with Gasteiger partial charge in [0.1, 0.15) is 5.52 Å². The maximum Gasteiger partial charge on any atom is 0.192 e. The van der Waals surface area contributed by atoms with Gasteiger partial charge in [-0.1, -0.05) is 12.1 Å². The number of nitrogens with zero attached hydrogens (tertiary/aromatic N) is 4. The highest BCUT2D eigenvalue weighted by Crippen LogP contribution is 2.18. The Hall–Kier alpha value is -1.49. The zero-order chi connectivity index (χ0) is 9.54. The molecule has 0 radical (unpaired) electrons. The molecule has 0 bridgehead atoms. The number of benzene rings is 1. The van der Waals surface area contributed by atoms with Crippen molar-refractivity contribution in [2.24, 2.45) is 0 Å². The van der Waals surface area contributed by atoms with E-state index in [-0.39, 0.29) is 0 Å². The maximum absolute atomic E-state index is 4.21. The van der Waals surface area contributed by atoms with Crippen molar-refractivity contribution in [3.05, 3.63) is 34.9 Å². The Bertz CT molecular complexity index is 616. The Morgan fingerprint density at radius 3 is 2.93 bits per heavy atom. The zero-order valence-electron chi connectivity index (χ0n) is 7.05. The Morgan fingerprint density at radius 2 is 2.00 bits per heavy atom. The molecule has 2 aromatic heterocycles. The molecule has 3 rings (SSSR count). The Labute approximate surface area is 87.7 Å². The molecular formula is C9H5BrN4. The van der Waals surface area contributed by atoms with Gasteiger partial charge in [-0.2, -0.15) is 5.10 Å². The van der Waals surface area contributed by atoms with Crippen LogP contribution in [0.15, 0.2) is 34.9 Å². The highest BCUT2D eigenvalue weighted by atomic mass is 79.9. The molecule has 0 saturated heterocycles. The highest BCUT2D eigenvalue weighted by molar-refractivity contribution is 9.10. The summed E-state index contributed by atoms with van der Waals surface area (Å²) in [5, 5.41) is 12.4. The second-order valence-corrected chi connectivity index (χ2v) is 3.77. The monoisotopic (exact) mass is 248 g/mol. The third-order valence-corrected chi connectivity index (χ3v) is 2.62. The lowest BCUT2D eigenvalue weighted by Gasteiger charge is -1.97. The quantitative estimate of drug-likeness (QED) is 0.612. The molecule has 0 unspecified atom stereocenters. The van der Waals surface area contributed by atoms with Gasteiger partial charge in [-0.3, -0.25) is 0 Å². The fourth-order valence-corrected chi connectivity index (χ4v) is 1.76. The van der Waals surface area contributed by atoms with Crippen molar-refractivity contribution in [2.45, 2.75) is 0 Å². The van der Waals surface area contributed by atoms with Crippen molar-refractivity contribution >= 4 is 32.6 Å². The van der Waals surface area contributed by atoms with Crippen LogP contribution in [0.3, 0.4) is 0 Å². The minimum atomic E-state index is 0.740. The molecular weight excluding hydrogens is 244 g/mol. The van der Waals surface area contributed by atoms with Gasteiger partial charge in [0.15, 0.2) is 5.65 Å². The van der Waals surface area contributed by atoms with Crippen molar-refractivity contribution in [3.63, 3.8) is 0 Å². The summed E-state index contributed by atoms with van der Waals surface area (Å²) < 4.78 is 2.63. The van der Waals surface area contributed by atoms with E-state index in [1.54, 1.807) is 10.7 Å². The van der Waals surface area contributed by atoms with Crippen LogP contribution in [-0.4, -0.2) is 19.8 Å². The number of fused-ring (bicyclic) bond motifs is 3. The van der Waals surface area contributed by atoms with Crippen LogP contribution in [0, 0.1) is 0 Å². The van der Waals surface area contributed by atoms with E-state index in [1.807, 2.05) is 24.3 Å². The fourth-order valence-electron chi connectivity index (χ4n) is 1.42. The number of para-hydroxylation sites is 1. The minimum absolute atomic E-state index is 0.740. The second-order valence-electron chi connectivity index (χ2n) is 2.92. The largest absolute Gasteiger partial charge is 0.210 e. The molecule has 0 fully saturated rings. The molecule has 0 aliphatic rings. The molecule has 0 atom stereocenters. The third kappa shape index (κ3) is 0.957. The summed E-state index contributed by atoms with van der Waals surface area (Å²) >= 11 is 3.37. The van der Waals surface area contributed by atoms with Crippen molar-refractivity contribution in [2.75, 3.05) is 0 Å². The van der Waals surface area contributed by atoms with E-state index in [2.05, 4.69) is 31.2 Å². The summed E-state index contributed by atoms with van der Waals surface area (Å²) in [6.07, 6.45) is 1.72. The fraction of sp³-hybridized carbons (Fsp3) is 0. The van der Waals surface area contributed by atoms with Crippen molar-refractivity contribution in [1.82, 2.24) is 19.8 Å². The molecule has 0 saturated carbocycles. The number of hydrogen-bond acceptors (Lipinski definition) is 3. The van der Waals surface area contributed by atoms with E-state index >= 15 is 0 Å². The van der Waals surface area contributed by atoms with Gasteiger partial charge in [-0.25, -0.2) is 4.52 Å². The molecule has 4 nitrogen and oxygen atoms in total. The first-order valence-corrected chi connectivity index (χ1v) is 4.90. The molecule has 0 spiro atoms. The van der Waals surface area contributed by atoms with E-state index < -0.39 is 0 Å². The van der Waals surface area contributed by atoms with Crippen LogP contribution in [0.1, 0.15) is 0 Å². The molecule has 5 heteroatoms. The van der Waals surface area contributed by atoms with Gasteiger partial charge in [-0.05, 0) is 28.1 Å².